The number of rotatable bonds is 7. The normalized spacial score (nSPS) is 15.4. The highest BCUT2D eigenvalue weighted by Crippen LogP contribution is 2.21. The van der Waals surface area contributed by atoms with Gasteiger partial charge in [0.05, 0.1) is 11.3 Å². The molecule has 7 heteroatoms. The van der Waals surface area contributed by atoms with Crippen molar-refractivity contribution in [1.29, 1.82) is 0 Å². The number of hydrogen-bond acceptors (Lipinski definition) is 5. The number of para-hydroxylation sites is 1. The van der Waals surface area contributed by atoms with Crippen LogP contribution in [0.5, 0.6) is 0 Å². The van der Waals surface area contributed by atoms with Crippen LogP contribution in [0.15, 0.2) is 30.6 Å². The van der Waals surface area contributed by atoms with Gasteiger partial charge in [-0.15, -0.1) is 5.10 Å². The molecule has 1 saturated carbocycles. The van der Waals surface area contributed by atoms with Crippen molar-refractivity contribution in [3.05, 3.63) is 36.2 Å². The molecule has 7 nitrogen and oxygen atoms in total. The van der Waals surface area contributed by atoms with Gasteiger partial charge in [-0.2, -0.15) is 4.68 Å². The van der Waals surface area contributed by atoms with E-state index in [2.05, 4.69) is 32.8 Å². The molecule has 1 aliphatic carbocycles. The zero-order valence-electron chi connectivity index (χ0n) is 14.8. The van der Waals surface area contributed by atoms with Crippen LogP contribution in [0.1, 0.15) is 48.9 Å². The van der Waals surface area contributed by atoms with Crippen LogP contribution in [-0.2, 0) is 0 Å². The fourth-order valence-corrected chi connectivity index (χ4v) is 3.47. The maximum absolute atomic E-state index is 12.5. The van der Waals surface area contributed by atoms with E-state index in [-0.39, 0.29) is 5.91 Å². The molecule has 3 rings (SSSR count). The highest BCUT2D eigenvalue weighted by atomic mass is 16.1. The lowest BCUT2D eigenvalue weighted by Crippen LogP contribution is -2.36. The summed E-state index contributed by atoms with van der Waals surface area (Å²) in [5.74, 6) is -0.0913. The summed E-state index contributed by atoms with van der Waals surface area (Å²) in [5.41, 5.74) is 1.26. The average molecular weight is 342 g/mol. The second-order valence-corrected chi connectivity index (χ2v) is 6.65. The number of nitrogens with one attached hydrogen (secondary N) is 1. The van der Waals surface area contributed by atoms with Crippen molar-refractivity contribution < 1.29 is 4.79 Å². The molecule has 25 heavy (non-hydrogen) atoms. The summed E-state index contributed by atoms with van der Waals surface area (Å²) in [6, 6.07) is 8.06. The molecule has 1 aliphatic rings. The van der Waals surface area contributed by atoms with Gasteiger partial charge in [-0.1, -0.05) is 31.4 Å². The quantitative estimate of drug-likeness (QED) is 0.779. The second kappa shape index (κ2) is 8.71. The van der Waals surface area contributed by atoms with Crippen LogP contribution >= 0.6 is 0 Å². The Balaban J connectivity index is 1.48. The standard InChI is InChI=1S/C18H26N6O/c1-23(15-8-3-2-4-9-15)13-7-12-19-18(25)16-10-5-6-11-17(16)24-14-20-21-22-24/h5-6,10-11,14-15H,2-4,7-9,12-13H2,1H3,(H,19,25). The zero-order chi connectivity index (χ0) is 17.5. The largest absolute Gasteiger partial charge is 0.352 e. The second-order valence-electron chi connectivity index (χ2n) is 6.65. The van der Waals surface area contributed by atoms with Gasteiger partial charge in [0.25, 0.3) is 5.91 Å². The molecule has 1 heterocycles. The molecule has 1 aromatic carbocycles. The number of carbonyl (C=O) groups excluding carboxylic acids is 1. The molecule has 0 atom stereocenters. The van der Waals surface area contributed by atoms with Crippen LogP contribution in [-0.4, -0.2) is 57.2 Å². The Bertz CT molecular complexity index is 666. The number of amides is 1. The SMILES string of the molecule is CN(CCCNC(=O)c1ccccc1-n1cnnn1)C1CCCCC1. The topological polar surface area (TPSA) is 75.9 Å². The van der Waals surface area contributed by atoms with Crippen molar-refractivity contribution in [2.75, 3.05) is 20.1 Å². The van der Waals surface area contributed by atoms with Crippen LogP contribution in [0.3, 0.4) is 0 Å². The molecule has 0 bridgehead atoms. The van der Waals surface area contributed by atoms with E-state index in [1.165, 1.54) is 43.1 Å². The fraction of sp³-hybridized carbons (Fsp3) is 0.556. The van der Waals surface area contributed by atoms with Crippen molar-refractivity contribution in [3.8, 4) is 5.69 Å². The molecule has 134 valence electrons. The molecular formula is C18H26N6O. The zero-order valence-corrected chi connectivity index (χ0v) is 14.8. The first kappa shape index (κ1) is 17.5. The van der Waals surface area contributed by atoms with Gasteiger partial charge in [0, 0.05) is 12.6 Å². The lowest BCUT2D eigenvalue weighted by atomic mass is 9.94. The molecular weight excluding hydrogens is 316 g/mol. The average Bonchev–Trinajstić information content (AvgIpc) is 3.20. The maximum Gasteiger partial charge on any atom is 0.253 e. The van der Waals surface area contributed by atoms with Crippen LogP contribution in [0, 0.1) is 0 Å². The van der Waals surface area contributed by atoms with Gasteiger partial charge < -0.3 is 10.2 Å². The van der Waals surface area contributed by atoms with Crippen LogP contribution in [0.25, 0.3) is 5.69 Å². The Morgan fingerprint density at radius 3 is 2.84 bits per heavy atom. The minimum absolute atomic E-state index is 0.0913. The van der Waals surface area contributed by atoms with Crippen molar-refractivity contribution in [2.24, 2.45) is 0 Å². The predicted octanol–water partition coefficient (Wildman–Crippen LogP) is 2.05. The lowest BCUT2D eigenvalue weighted by Gasteiger charge is -2.31. The van der Waals surface area contributed by atoms with E-state index < -0.39 is 0 Å². The number of benzene rings is 1. The summed E-state index contributed by atoms with van der Waals surface area (Å²) in [6.45, 7) is 1.68. The third-order valence-electron chi connectivity index (χ3n) is 4.92. The molecule has 0 radical (unpaired) electrons. The lowest BCUT2D eigenvalue weighted by molar-refractivity contribution is 0.0950. The first-order chi connectivity index (χ1) is 12.3. The van der Waals surface area contributed by atoms with Crippen LogP contribution in [0.2, 0.25) is 0 Å². The van der Waals surface area contributed by atoms with Crippen molar-refractivity contribution in [1.82, 2.24) is 30.4 Å². The molecule has 0 aliphatic heterocycles. The van der Waals surface area contributed by atoms with Crippen LogP contribution < -0.4 is 5.32 Å². The van der Waals surface area contributed by atoms with Gasteiger partial charge in [0.15, 0.2) is 0 Å². The van der Waals surface area contributed by atoms with Crippen molar-refractivity contribution in [3.63, 3.8) is 0 Å². The number of aromatic nitrogens is 4. The maximum atomic E-state index is 12.5. The monoisotopic (exact) mass is 342 g/mol. The summed E-state index contributed by atoms with van der Waals surface area (Å²) in [4.78, 5) is 14.9. The number of tetrazole rings is 1. The molecule has 0 unspecified atom stereocenters. The number of carbonyl (C=O) groups is 1. The molecule has 0 saturated heterocycles. The summed E-state index contributed by atoms with van der Waals surface area (Å²) in [5, 5.41) is 14.1. The van der Waals surface area contributed by atoms with E-state index in [1.807, 2.05) is 18.2 Å². The van der Waals surface area contributed by atoms with Gasteiger partial charge in [0.1, 0.15) is 6.33 Å². The van der Waals surface area contributed by atoms with Crippen LogP contribution in [0.4, 0.5) is 0 Å². The first-order valence-corrected chi connectivity index (χ1v) is 9.06. The summed E-state index contributed by atoms with van der Waals surface area (Å²) in [6.07, 6.45) is 9.13. The minimum Gasteiger partial charge on any atom is -0.352 e. The number of hydrogen-bond donors (Lipinski definition) is 1. The van der Waals surface area contributed by atoms with E-state index in [0.29, 0.717) is 23.8 Å². The van der Waals surface area contributed by atoms with Gasteiger partial charge in [0.2, 0.25) is 0 Å². The van der Waals surface area contributed by atoms with E-state index >= 15 is 0 Å². The van der Waals surface area contributed by atoms with E-state index in [0.717, 1.165) is 13.0 Å². The summed E-state index contributed by atoms with van der Waals surface area (Å²) < 4.78 is 1.51. The van der Waals surface area contributed by atoms with Gasteiger partial charge >= 0.3 is 0 Å². The van der Waals surface area contributed by atoms with E-state index in [9.17, 15) is 4.79 Å². The third-order valence-corrected chi connectivity index (χ3v) is 4.92. The Labute approximate surface area is 148 Å². The van der Waals surface area contributed by atoms with Crippen molar-refractivity contribution >= 4 is 5.91 Å². The highest BCUT2D eigenvalue weighted by molar-refractivity contribution is 5.97. The third kappa shape index (κ3) is 4.63. The smallest absolute Gasteiger partial charge is 0.253 e. The number of nitrogens with zero attached hydrogens (tertiary/aromatic N) is 5. The minimum atomic E-state index is -0.0913. The van der Waals surface area contributed by atoms with Gasteiger partial charge in [-0.05, 0) is 55.4 Å². The van der Waals surface area contributed by atoms with Crippen molar-refractivity contribution in [2.45, 2.75) is 44.6 Å². The van der Waals surface area contributed by atoms with Gasteiger partial charge in [-0.3, -0.25) is 4.79 Å². The molecule has 1 amide bonds. The first-order valence-electron chi connectivity index (χ1n) is 9.06. The molecule has 1 fully saturated rings. The highest BCUT2D eigenvalue weighted by Gasteiger charge is 2.17. The summed E-state index contributed by atoms with van der Waals surface area (Å²) >= 11 is 0. The Hall–Kier alpha value is -2.28. The van der Waals surface area contributed by atoms with E-state index in [4.69, 9.17) is 0 Å². The van der Waals surface area contributed by atoms with Gasteiger partial charge in [-0.25, -0.2) is 0 Å². The molecule has 1 N–H and O–H groups in total. The summed E-state index contributed by atoms with van der Waals surface area (Å²) in [7, 11) is 2.20. The molecule has 0 spiro atoms. The Morgan fingerprint density at radius 1 is 1.28 bits per heavy atom. The fourth-order valence-electron chi connectivity index (χ4n) is 3.47. The molecule has 2 aromatic rings. The Kier molecular flexibility index (Phi) is 6.11. The Morgan fingerprint density at radius 2 is 2.08 bits per heavy atom. The predicted molar refractivity (Wildman–Crippen MR) is 95.6 cm³/mol. The molecule has 1 aromatic heterocycles. The van der Waals surface area contributed by atoms with E-state index in [1.54, 1.807) is 6.07 Å².